The fourth-order valence-corrected chi connectivity index (χ4v) is 2.91. The number of nitrogens with zero attached hydrogens (tertiary/aromatic N) is 1. The van der Waals surface area contributed by atoms with Crippen LogP contribution in [0.3, 0.4) is 0 Å². The van der Waals surface area contributed by atoms with Crippen LogP contribution in [0.2, 0.25) is 0 Å². The van der Waals surface area contributed by atoms with Crippen LogP contribution in [0, 0.1) is 0 Å². The van der Waals surface area contributed by atoms with Crippen LogP contribution in [0.4, 0.5) is 0 Å². The van der Waals surface area contributed by atoms with E-state index in [1.807, 2.05) is 36.4 Å². The zero-order valence-corrected chi connectivity index (χ0v) is 13.4. The Morgan fingerprint density at radius 3 is 1.83 bits per heavy atom. The molecule has 0 spiro atoms. The van der Waals surface area contributed by atoms with E-state index in [0.29, 0.717) is 5.76 Å². The van der Waals surface area contributed by atoms with E-state index < -0.39 is 5.54 Å². The summed E-state index contributed by atoms with van der Waals surface area (Å²) in [6.07, 6.45) is 5.95. The SMILES string of the molecule is C=C(OC)C1(N=C(c2ccccc2)c2ccccc2)CC=CC1. The third kappa shape index (κ3) is 3.11. The lowest BCUT2D eigenvalue weighted by Crippen LogP contribution is -2.28. The first-order chi connectivity index (χ1) is 11.2. The van der Waals surface area contributed by atoms with Crippen molar-refractivity contribution >= 4 is 5.71 Å². The van der Waals surface area contributed by atoms with Gasteiger partial charge in [0.25, 0.3) is 0 Å². The minimum Gasteiger partial charge on any atom is -0.499 e. The van der Waals surface area contributed by atoms with Gasteiger partial charge in [0.2, 0.25) is 0 Å². The molecule has 2 heteroatoms. The maximum atomic E-state index is 5.47. The molecule has 0 radical (unpaired) electrons. The Morgan fingerprint density at radius 2 is 1.39 bits per heavy atom. The van der Waals surface area contributed by atoms with E-state index in [0.717, 1.165) is 29.7 Å². The number of rotatable bonds is 5. The highest BCUT2D eigenvalue weighted by Crippen LogP contribution is 2.36. The Kier molecular flexibility index (Phi) is 4.42. The van der Waals surface area contributed by atoms with Gasteiger partial charge in [-0.05, 0) is 12.8 Å². The third-order valence-corrected chi connectivity index (χ3v) is 4.26. The smallest absolute Gasteiger partial charge is 0.124 e. The summed E-state index contributed by atoms with van der Waals surface area (Å²) in [6.45, 7) is 4.10. The Labute approximate surface area is 137 Å². The van der Waals surface area contributed by atoms with Gasteiger partial charge in [-0.3, -0.25) is 4.99 Å². The van der Waals surface area contributed by atoms with Gasteiger partial charge < -0.3 is 4.74 Å². The quantitative estimate of drug-likeness (QED) is 0.443. The van der Waals surface area contributed by atoms with Crippen LogP contribution in [0.1, 0.15) is 24.0 Å². The second-order valence-electron chi connectivity index (χ2n) is 5.73. The zero-order chi connectivity index (χ0) is 16.1. The largest absolute Gasteiger partial charge is 0.499 e. The van der Waals surface area contributed by atoms with Crippen molar-refractivity contribution in [2.24, 2.45) is 4.99 Å². The van der Waals surface area contributed by atoms with Gasteiger partial charge in [0, 0.05) is 11.1 Å². The molecule has 0 amide bonds. The molecule has 0 saturated carbocycles. The molecule has 0 unspecified atom stereocenters. The van der Waals surface area contributed by atoms with Crippen LogP contribution >= 0.6 is 0 Å². The molecule has 1 aliphatic rings. The topological polar surface area (TPSA) is 21.6 Å². The number of methoxy groups -OCH3 is 1. The number of hydrogen-bond acceptors (Lipinski definition) is 2. The third-order valence-electron chi connectivity index (χ3n) is 4.26. The van der Waals surface area contributed by atoms with Crippen LogP contribution in [0.5, 0.6) is 0 Å². The van der Waals surface area contributed by atoms with Crippen molar-refractivity contribution < 1.29 is 4.74 Å². The van der Waals surface area contributed by atoms with Gasteiger partial charge in [0.15, 0.2) is 0 Å². The molecule has 2 nitrogen and oxygen atoms in total. The average molecular weight is 303 g/mol. The lowest BCUT2D eigenvalue weighted by molar-refractivity contribution is 0.228. The van der Waals surface area contributed by atoms with E-state index in [1.54, 1.807) is 7.11 Å². The van der Waals surface area contributed by atoms with Crippen molar-refractivity contribution in [2.75, 3.05) is 7.11 Å². The van der Waals surface area contributed by atoms with Crippen LogP contribution in [-0.4, -0.2) is 18.4 Å². The van der Waals surface area contributed by atoms with E-state index in [1.165, 1.54) is 0 Å². The number of aliphatic imine (C=N–C) groups is 1. The van der Waals surface area contributed by atoms with Gasteiger partial charge >= 0.3 is 0 Å². The van der Waals surface area contributed by atoms with Crippen molar-refractivity contribution in [3.8, 4) is 0 Å². The van der Waals surface area contributed by atoms with Gasteiger partial charge in [-0.25, -0.2) is 0 Å². The summed E-state index contributed by atoms with van der Waals surface area (Å²) in [6, 6.07) is 20.6. The molecule has 0 aromatic heterocycles. The number of hydrogen-bond donors (Lipinski definition) is 0. The Bertz CT molecular complexity index is 679. The van der Waals surface area contributed by atoms with Crippen molar-refractivity contribution in [3.63, 3.8) is 0 Å². The van der Waals surface area contributed by atoms with E-state index in [9.17, 15) is 0 Å². The molecule has 0 fully saturated rings. The minimum absolute atomic E-state index is 0.407. The second kappa shape index (κ2) is 6.66. The van der Waals surface area contributed by atoms with Gasteiger partial charge in [-0.15, -0.1) is 0 Å². The maximum Gasteiger partial charge on any atom is 0.124 e. The lowest BCUT2D eigenvalue weighted by Gasteiger charge is -2.27. The summed E-state index contributed by atoms with van der Waals surface area (Å²) in [5.41, 5.74) is 2.78. The van der Waals surface area contributed by atoms with Crippen molar-refractivity contribution in [1.29, 1.82) is 0 Å². The molecule has 0 bridgehead atoms. The predicted molar refractivity (Wildman–Crippen MR) is 95.8 cm³/mol. The molecule has 2 aromatic rings. The summed E-state index contributed by atoms with van der Waals surface area (Å²) in [5, 5.41) is 0. The molecule has 0 atom stereocenters. The van der Waals surface area contributed by atoms with Crippen molar-refractivity contribution in [3.05, 3.63) is 96.3 Å². The first kappa shape index (κ1) is 15.3. The molecular weight excluding hydrogens is 282 g/mol. The molecule has 0 aliphatic heterocycles. The molecule has 23 heavy (non-hydrogen) atoms. The second-order valence-corrected chi connectivity index (χ2v) is 5.73. The monoisotopic (exact) mass is 303 g/mol. The van der Waals surface area contributed by atoms with Crippen LogP contribution in [0.25, 0.3) is 0 Å². The summed E-state index contributed by atoms with van der Waals surface area (Å²) in [5.74, 6) is 0.715. The predicted octanol–water partition coefficient (Wildman–Crippen LogP) is 4.77. The lowest BCUT2D eigenvalue weighted by atomic mass is 9.93. The molecular formula is C21H21NO. The Hall–Kier alpha value is -2.61. The summed E-state index contributed by atoms with van der Waals surface area (Å²) >= 11 is 0. The fraction of sp³-hybridized carbons (Fsp3) is 0.190. The fourth-order valence-electron chi connectivity index (χ4n) is 2.91. The first-order valence-corrected chi connectivity index (χ1v) is 7.84. The number of benzene rings is 2. The Morgan fingerprint density at radius 1 is 0.913 bits per heavy atom. The van der Waals surface area contributed by atoms with Gasteiger partial charge in [-0.1, -0.05) is 79.4 Å². The van der Waals surface area contributed by atoms with Gasteiger partial charge in [0.05, 0.1) is 12.8 Å². The van der Waals surface area contributed by atoms with Crippen molar-refractivity contribution in [1.82, 2.24) is 0 Å². The zero-order valence-electron chi connectivity index (χ0n) is 13.4. The Balaban J connectivity index is 2.13. The minimum atomic E-state index is -0.407. The van der Waals surface area contributed by atoms with Gasteiger partial charge in [0.1, 0.15) is 11.3 Å². The first-order valence-electron chi connectivity index (χ1n) is 7.84. The van der Waals surface area contributed by atoms with Crippen LogP contribution < -0.4 is 0 Å². The molecule has 116 valence electrons. The molecule has 3 rings (SSSR count). The molecule has 1 aliphatic carbocycles. The van der Waals surface area contributed by atoms with E-state index >= 15 is 0 Å². The summed E-state index contributed by atoms with van der Waals surface area (Å²) in [4.78, 5) is 5.15. The van der Waals surface area contributed by atoms with E-state index in [-0.39, 0.29) is 0 Å². The molecule has 0 N–H and O–H groups in total. The van der Waals surface area contributed by atoms with Gasteiger partial charge in [-0.2, -0.15) is 0 Å². The summed E-state index contributed by atoms with van der Waals surface area (Å²) < 4.78 is 5.47. The summed E-state index contributed by atoms with van der Waals surface area (Å²) in [7, 11) is 1.67. The standard InChI is InChI=1S/C21H21NO/c1-17(23-2)21(15-9-10-16-21)22-20(18-11-5-3-6-12-18)19-13-7-4-8-14-19/h3-14H,1,15-16H2,2H3. The average Bonchev–Trinajstić information content (AvgIpc) is 3.10. The van der Waals surface area contributed by atoms with Crippen LogP contribution in [0.15, 0.2) is 90.1 Å². The highest BCUT2D eigenvalue weighted by molar-refractivity contribution is 6.13. The number of ether oxygens (including phenoxy) is 1. The van der Waals surface area contributed by atoms with E-state index in [2.05, 4.69) is 43.0 Å². The van der Waals surface area contributed by atoms with Crippen molar-refractivity contribution in [2.45, 2.75) is 18.4 Å². The molecule has 0 heterocycles. The van der Waals surface area contributed by atoms with E-state index in [4.69, 9.17) is 9.73 Å². The molecule has 0 saturated heterocycles. The maximum absolute atomic E-state index is 5.47. The highest BCUT2D eigenvalue weighted by atomic mass is 16.5. The highest BCUT2D eigenvalue weighted by Gasteiger charge is 2.35. The normalized spacial score (nSPS) is 15.2. The van der Waals surface area contributed by atoms with Crippen LogP contribution in [-0.2, 0) is 4.74 Å². The molecule has 2 aromatic carbocycles.